The zero-order valence-electron chi connectivity index (χ0n) is 17.0. The summed E-state index contributed by atoms with van der Waals surface area (Å²) in [7, 11) is 0. The average molecular weight is 385 g/mol. The second-order valence-electron chi connectivity index (χ2n) is 11.0. The molecule has 6 rings (SSSR count). The van der Waals surface area contributed by atoms with Crippen molar-refractivity contribution in [2.75, 3.05) is 0 Å². The van der Waals surface area contributed by atoms with Crippen LogP contribution in [0, 0.1) is 28.6 Å². The summed E-state index contributed by atoms with van der Waals surface area (Å²) < 4.78 is 11.8. The quantitative estimate of drug-likeness (QED) is 0.735. The van der Waals surface area contributed by atoms with Gasteiger partial charge in [-0.25, -0.2) is 4.79 Å². The summed E-state index contributed by atoms with van der Waals surface area (Å²) in [6, 6.07) is 3.55. The first-order chi connectivity index (χ1) is 13.4. The van der Waals surface area contributed by atoms with Crippen LogP contribution in [0.3, 0.4) is 0 Å². The van der Waals surface area contributed by atoms with Gasteiger partial charge in [-0.3, -0.25) is 0 Å². The van der Waals surface area contributed by atoms with Crippen molar-refractivity contribution in [3.05, 3.63) is 34.4 Å². The molecule has 152 valence electrons. The number of epoxide rings is 1. The molecule has 9 atom stereocenters. The third kappa shape index (κ3) is 2.01. The van der Waals surface area contributed by atoms with Crippen LogP contribution < -0.4 is 5.63 Å². The summed E-state index contributed by atoms with van der Waals surface area (Å²) in [6.45, 7) is 4.97. The van der Waals surface area contributed by atoms with Gasteiger partial charge in [0.25, 0.3) is 0 Å². The second-order valence-corrected chi connectivity index (χ2v) is 11.0. The number of rotatable bonds is 1. The van der Waals surface area contributed by atoms with E-state index >= 15 is 0 Å². The molecule has 0 aromatic carbocycles. The lowest BCUT2D eigenvalue weighted by Gasteiger charge is -2.61. The number of ether oxygens (including phenoxy) is 1. The van der Waals surface area contributed by atoms with Gasteiger partial charge in [0.05, 0.1) is 18.5 Å². The molecule has 5 aliphatic rings. The lowest BCUT2D eigenvalue weighted by atomic mass is 9.44. The van der Waals surface area contributed by atoms with E-state index in [9.17, 15) is 9.90 Å². The smallest absolute Gasteiger partial charge is 0.335 e. The molecule has 4 heteroatoms. The molecule has 0 bridgehead atoms. The van der Waals surface area contributed by atoms with Crippen molar-refractivity contribution in [3.8, 4) is 0 Å². The SMILES string of the molecule is C[C@]12CC[C@H](O)C[C@H]1CCC1[C@@H]2CC[C@]2(C)[C@@H](c3ccc(=O)oc3)C[C@H]3O[C@]132. The van der Waals surface area contributed by atoms with Crippen molar-refractivity contribution in [2.24, 2.45) is 28.6 Å². The summed E-state index contributed by atoms with van der Waals surface area (Å²) >= 11 is 0. The van der Waals surface area contributed by atoms with Gasteiger partial charge < -0.3 is 14.3 Å². The minimum atomic E-state index is -0.266. The first-order valence-electron chi connectivity index (χ1n) is 11.3. The van der Waals surface area contributed by atoms with E-state index in [1.807, 2.05) is 6.07 Å². The number of aliphatic hydroxyl groups excluding tert-OH is 1. The Bertz CT molecular complexity index is 842. The fraction of sp³-hybridized carbons (Fsp3) is 0.792. The number of fused-ring (bicyclic) bond motifs is 3. The molecule has 1 unspecified atom stereocenters. The summed E-state index contributed by atoms with van der Waals surface area (Å²) in [4.78, 5) is 11.4. The highest BCUT2D eigenvalue weighted by Crippen LogP contribution is 2.77. The zero-order chi connectivity index (χ0) is 19.3. The summed E-state index contributed by atoms with van der Waals surface area (Å²) in [6.07, 6.45) is 11.1. The van der Waals surface area contributed by atoms with Gasteiger partial charge in [-0.2, -0.15) is 0 Å². The Morgan fingerprint density at radius 1 is 1.04 bits per heavy atom. The highest BCUT2D eigenvalue weighted by Gasteiger charge is 2.80. The van der Waals surface area contributed by atoms with Crippen LogP contribution in [0.5, 0.6) is 0 Å². The monoisotopic (exact) mass is 384 g/mol. The lowest BCUT2D eigenvalue weighted by molar-refractivity contribution is -0.139. The predicted octanol–water partition coefficient (Wildman–Crippen LogP) is 4.26. The summed E-state index contributed by atoms with van der Waals surface area (Å²) in [5.74, 6) is 2.48. The Morgan fingerprint density at radius 2 is 1.89 bits per heavy atom. The first-order valence-corrected chi connectivity index (χ1v) is 11.3. The van der Waals surface area contributed by atoms with Crippen LogP contribution in [0.2, 0.25) is 0 Å². The topological polar surface area (TPSA) is 63.0 Å². The molecule has 4 nitrogen and oxygen atoms in total. The van der Waals surface area contributed by atoms with Crippen molar-refractivity contribution in [3.63, 3.8) is 0 Å². The van der Waals surface area contributed by atoms with Gasteiger partial charge in [-0.15, -0.1) is 0 Å². The Hall–Kier alpha value is -1.13. The largest absolute Gasteiger partial charge is 0.431 e. The van der Waals surface area contributed by atoms with Crippen LogP contribution in [0.1, 0.15) is 76.7 Å². The maximum absolute atomic E-state index is 11.4. The van der Waals surface area contributed by atoms with Gasteiger partial charge in [0.1, 0.15) is 5.60 Å². The molecule has 1 saturated heterocycles. The number of aliphatic hydroxyl groups is 1. The molecule has 28 heavy (non-hydrogen) atoms. The Kier molecular flexibility index (Phi) is 3.49. The first kappa shape index (κ1) is 17.7. The van der Waals surface area contributed by atoms with Crippen molar-refractivity contribution < 1.29 is 14.3 Å². The van der Waals surface area contributed by atoms with Gasteiger partial charge in [0.2, 0.25) is 0 Å². The third-order valence-electron chi connectivity index (χ3n) is 10.2. The zero-order valence-corrected chi connectivity index (χ0v) is 17.0. The van der Waals surface area contributed by atoms with E-state index in [-0.39, 0.29) is 22.7 Å². The van der Waals surface area contributed by atoms with E-state index in [2.05, 4.69) is 13.8 Å². The molecule has 1 spiro atoms. The van der Waals surface area contributed by atoms with Crippen LogP contribution in [0.4, 0.5) is 0 Å². The van der Waals surface area contributed by atoms with Crippen molar-refractivity contribution in [1.29, 1.82) is 0 Å². The number of hydrogen-bond donors (Lipinski definition) is 1. The van der Waals surface area contributed by atoms with Crippen LogP contribution in [0.25, 0.3) is 0 Å². The van der Waals surface area contributed by atoms with Gasteiger partial charge in [0.15, 0.2) is 0 Å². The van der Waals surface area contributed by atoms with E-state index < -0.39 is 0 Å². The molecule has 0 radical (unpaired) electrons. The van der Waals surface area contributed by atoms with Crippen molar-refractivity contribution in [2.45, 2.75) is 88.9 Å². The molecule has 2 heterocycles. The minimum Gasteiger partial charge on any atom is -0.431 e. The molecule has 0 amide bonds. The van der Waals surface area contributed by atoms with Crippen LogP contribution in [-0.2, 0) is 4.74 Å². The molecule has 1 aliphatic heterocycles. The molecule has 4 saturated carbocycles. The van der Waals surface area contributed by atoms with Gasteiger partial charge in [-0.1, -0.05) is 13.8 Å². The van der Waals surface area contributed by atoms with Gasteiger partial charge >= 0.3 is 5.63 Å². The van der Waals surface area contributed by atoms with Crippen molar-refractivity contribution in [1.82, 2.24) is 0 Å². The van der Waals surface area contributed by atoms with Crippen LogP contribution >= 0.6 is 0 Å². The standard InChI is InChI=1S/C24H32O4/c1-22-9-7-16(25)11-15(22)4-5-18-17(22)8-10-23(2)19(12-20-24(18,23)28-20)14-3-6-21(26)27-13-14/h3,6,13,15-20,25H,4-5,7-12H2,1-2H3/t15-,16+,17+,18?,19-,20-,22+,23-,24-/m1/s1. The second kappa shape index (κ2) is 5.51. The molecule has 1 N–H and O–H groups in total. The van der Waals surface area contributed by atoms with E-state index in [1.165, 1.54) is 37.7 Å². The van der Waals surface area contributed by atoms with E-state index in [0.29, 0.717) is 29.3 Å². The maximum atomic E-state index is 11.4. The van der Waals surface area contributed by atoms with Crippen LogP contribution in [-0.4, -0.2) is 22.9 Å². The Labute approximate surface area is 166 Å². The molecule has 1 aromatic heterocycles. The van der Waals surface area contributed by atoms with E-state index in [0.717, 1.165) is 25.2 Å². The average Bonchev–Trinajstić information content (AvgIpc) is 3.33. The lowest BCUT2D eigenvalue weighted by Crippen LogP contribution is -2.58. The molecular weight excluding hydrogens is 352 g/mol. The summed E-state index contributed by atoms with van der Waals surface area (Å²) in [5, 5.41) is 10.2. The summed E-state index contributed by atoms with van der Waals surface area (Å²) in [5.41, 5.74) is 1.44. The Balaban J connectivity index is 1.36. The molecule has 1 aromatic rings. The normalized spacial score (nSPS) is 54.2. The van der Waals surface area contributed by atoms with Crippen LogP contribution in [0.15, 0.2) is 27.6 Å². The van der Waals surface area contributed by atoms with Gasteiger partial charge in [-0.05, 0) is 92.1 Å². The van der Waals surface area contributed by atoms with E-state index in [4.69, 9.17) is 9.15 Å². The predicted molar refractivity (Wildman–Crippen MR) is 105 cm³/mol. The third-order valence-corrected chi connectivity index (χ3v) is 10.2. The molecule has 4 aliphatic carbocycles. The number of hydrogen-bond acceptors (Lipinski definition) is 4. The minimum absolute atomic E-state index is 0.0285. The van der Waals surface area contributed by atoms with Crippen molar-refractivity contribution >= 4 is 0 Å². The fourth-order valence-corrected chi connectivity index (χ4v) is 8.74. The van der Waals surface area contributed by atoms with Gasteiger partial charge in [0, 0.05) is 11.5 Å². The molecular formula is C24H32O4. The molecule has 5 fully saturated rings. The Morgan fingerprint density at radius 3 is 2.68 bits per heavy atom. The highest BCUT2D eigenvalue weighted by atomic mass is 16.6. The van der Waals surface area contributed by atoms with E-state index in [1.54, 1.807) is 12.3 Å². The fourth-order valence-electron chi connectivity index (χ4n) is 8.74. The maximum Gasteiger partial charge on any atom is 0.335 e. The highest BCUT2D eigenvalue weighted by molar-refractivity contribution is 5.35.